The molecule has 14 heavy (non-hydrogen) atoms. The van der Waals surface area contributed by atoms with Gasteiger partial charge in [-0.1, -0.05) is 0 Å². The Bertz CT molecular complexity index is 378. The molecule has 0 saturated heterocycles. The summed E-state index contributed by atoms with van der Waals surface area (Å²) in [5, 5.41) is 4.48. The van der Waals surface area contributed by atoms with Gasteiger partial charge in [-0.2, -0.15) is 5.10 Å². The third-order valence-corrected chi connectivity index (χ3v) is 3.47. The van der Waals surface area contributed by atoms with Crippen LogP contribution < -0.4 is 5.73 Å². The van der Waals surface area contributed by atoms with Crippen molar-refractivity contribution < 1.29 is 0 Å². The molecule has 1 aromatic heterocycles. The van der Waals surface area contributed by atoms with Crippen LogP contribution in [-0.2, 0) is 13.6 Å². The molecule has 0 radical (unpaired) electrons. The summed E-state index contributed by atoms with van der Waals surface area (Å²) in [4.78, 5) is 2.52. The Balaban J connectivity index is 1.99. The summed E-state index contributed by atoms with van der Waals surface area (Å²) < 4.78 is 1.80. The largest absolute Gasteiger partial charge is 0.384 e. The molecule has 1 fully saturated rings. The molecule has 2 N–H and O–H groups in total. The summed E-state index contributed by atoms with van der Waals surface area (Å²) in [6.45, 7) is 3.23. The molecule has 2 heterocycles. The zero-order valence-corrected chi connectivity index (χ0v) is 8.70. The van der Waals surface area contributed by atoms with Crippen molar-refractivity contribution in [2.45, 2.75) is 38.4 Å². The van der Waals surface area contributed by atoms with Crippen molar-refractivity contribution in [2.24, 2.45) is 7.05 Å². The number of rotatable bonds is 1. The fourth-order valence-corrected chi connectivity index (χ4v) is 2.43. The number of aryl methyl sites for hydroxylation is 1. The molecule has 1 aliphatic carbocycles. The Hall–Kier alpha value is -1.03. The van der Waals surface area contributed by atoms with Gasteiger partial charge in [-0.05, 0) is 19.8 Å². The number of hydrogen-bond donors (Lipinski definition) is 1. The molecular formula is C10H16N4. The van der Waals surface area contributed by atoms with Gasteiger partial charge in [0.1, 0.15) is 5.82 Å². The molecule has 4 nitrogen and oxygen atoms in total. The Kier molecular flexibility index (Phi) is 1.49. The summed E-state index contributed by atoms with van der Waals surface area (Å²) in [7, 11) is 1.92. The van der Waals surface area contributed by atoms with Crippen molar-refractivity contribution in [1.82, 2.24) is 14.7 Å². The second-order valence-electron chi connectivity index (χ2n) is 4.45. The summed E-state index contributed by atoms with van der Waals surface area (Å²) in [5.74, 6) is 0.843. The van der Waals surface area contributed by atoms with E-state index in [0.29, 0.717) is 6.04 Å². The van der Waals surface area contributed by atoms with E-state index >= 15 is 0 Å². The third-order valence-electron chi connectivity index (χ3n) is 3.47. The van der Waals surface area contributed by atoms with E-state index in [1.54, 1.807) is 4.68 Å². The number of anilines is 1. The zero-order chi connectivity index (χ0) is 9.87. The lowest BCUT2D eigenvalue weighted by atomic mass is 10.2. The van der Waals surface area contributed by atoms with Gasteiger partial charge in [0.25, 0.3) is 0 Å². The maximum atomic E-state index is 5.97. The number of nitrogens with zero attached hydrogens (tertiary/aromatic N) is 3. The second-order valence-corrected chi connectivity index (χ2v) is 4.45. The van der Waals surface area contributed by atoms with Crippen molar-refractivity contribution in [3.05, 3.63) is 11.3 Å². The van der Waals surface area contributed by atoms with E-state index in [-0.39, 0.29) is 0 Å². The molecule has 0 spiro atoms. The van der Waals surface area contributed by atoms with Crippen molar-refractivity contribution in [3.63, 3.8) is 0 Å². The molecule has 1 aromatic rings. The molecule has 3 rings (SSSR count). The van der Waals surface area contributed by atoms with Gasteiger partial charge >= 0.3 is 0 Å². The summed E-state index contributed by atoms with van der Waals surface area (Å²) in [5.41, 5.74) is 8.42. The van der Waals surface area contributed by atoms with E-state index in [2.05, 4.69) is 16.9 Å². The first-order valence-electron chi connectivity index (χ1n) is 5.25. The third kappa shape index (κ3) is 0.945. The lowest BCUT2D eigenvalue weighted by molar-refractivity contribution is 0.214. The smallest absolute Gasteiger partial charge is 0.126 e. The van der Waals surface area contributed by atoms with Crippen molar-refractivity contribution in [1.29, 1.82) is 0 Å². The molecule has 1 atom stereocenters. The van der Waals surface area contributed by atoms with E-state index < -0.39 is 0 Å². The van der Waals surface area contributed by atoms with Gasteiger partial charge < -0.3 is 5.73 Å². The molecule has 1 unspecified atom stereocenters. The van der Waals surface area contributed by atoms with Crippen molar-refractivity contribution >= 4 is 5.82 Å². The van der Waals surface area contributed by atoms with Crippen LogP contribution in [0.1, 0.15) is 37.1 Å². The van der Waals surface area contributed by atoms with Gasteiger partial charge in [-0.15, -0.1) is 0 Å². The lowest BCUT2D eigenvalue weighted by Gasteiger charge is -2.20. The lowest BCUT2D eigenvalue weighted by Crippen LogP contribution is -2.23. The average Bonchev–Trinajstić information content (AvgIpc) is 2.89. The van der Waals surface area contributed by atoms with Crippen LogP contribution in [-0.4, -0.2) is 20.7 Å². The highest BCUT2D eigenvalue weighted by atomic mass is 15.3. The quantitative estimate of drug-likeness (QED) is 0.723. The molecule has 1 saturated carbocycles. The molecule has 0 bridgehead atoms. The summed E-state index contributed by atoms with van der Waals surface area (Å²) in [6, 6.07) is 1.25. The van der Waals surface area contributed by atoms with E-state index in [9.17, 15) is 0 Å². The Morgan fingerprint density at radius 1 is 1.43 bits per heavy atom. The van der Waals surface area contributed by atoms with Gasteiger partial charge in [0.15, 0.2) is 0 Å². The predicted molar refractivity (Wildman–Crippen MR) is 54.6 cm³/mol. The van der Waals surface area contributed by atoms with Crippen LogP contribution in [0.4, 0.5) is 5.82 Å². The van der Waals surface area contributed by atoms with Gasteiger partial charge in [-0.25, -0.2) is 0 Å². The number of aromatic nitrogens is 2. The van der Waals surface area contributed by atoms with Crippen molar-refractivity contribution in [2.75, 3.05) is 5.73 Å². The Morgan fingerprint density at radius 2 is 2.14 bits per heavy atom. The number of hydrogen-bond acceptors (Lipinski definition) is 3. The standard InChI is InChI=1S/C10H16N4/c1-6-9-8(10(11)13(2)12-9)5-14(6)7-3-4-7/h6-7H,3-5,11H2,1-2H3. The fraction of sp³-hybridized carbons (Fsp3) is 0.700. The van der Waals surface area contributed by atoms with Crippen LogP contribution in [0.15, 0.2) is 0 Å². The SMILES string of the molecule is CC1c2nn(C)c(N)c2CN1C1CC1. The number of nitrogen functional groups attached to an aromatic ring is 1. The van der Waals surface area contributed by atoms with Crippen LogP contribution in [0.2, 0.25) is 0 Å². The first-order chi connectivity index (χ1) is 6.68. The first kappa shape index (κ1) is 8.29. The number of fused-ring (bicyclic) bond motifs is 1. The number of nitrogens with two attached hydrogens (primary N) is 1. The molecule has 76 valence electrons. The van der Waals surface area contributed by atoms with Gasteiger partial charge in [0.2, 0.25) is 0 Å². The average molecular weight is 192 g/mol. The van der Waals surface area contributed by atoms with Crippen LogP contribution >= 0.6 is 0 Å². The molecule has 0 amide bonds. The van der Waals surface area contributed by atoms with Gasteiger partial charge in [0, 0.05) is 25.2 Å². The van der Waals surface area contributed by atoms with Crippen molar-refractivity contribution in [3.8, 4) is 0 Å². The topological polar surface area (TPSA) is 47.1 Å². The highest BCUT2D eigenvalue weighted by Gasteiger charge is 2.40. The van der Waals surface area contributed by atoms with Crippen LogP contribution in [0.25, 0.3) is 0 Å². The minimum Gasteiger partial charge on any atom is -0.384 e. The highest BCUT2D eigenvalue weighted by Crippen LogP contribution is 2.42. The van der Waals surface area contributed by atoms with Gasteiger partial charge in [0.05, 0.1) is 11.7 Å². The van der Waals surface area contributed by atoms with Crippen LogP contribution in [0.5, 0.6) is 0 Å². The fourth-order valence-electron chi connectivity index (χ4n) is 2.43. The second kappa shape index (κ2) is 2.51. The minimum atomic E-state index is 0.459. The van der Waals surface area contributed by atoms with E-state index in [4.69, 9.17) is 5.73 Å². The molecule has 2 aliphatic rings. The van der Waals surface area contributed by atoms with E-state index in [0.717, 1.165) is 18.4 Å². The molecule has 0 aromatic carbocycles. The molecular weight excluding hydrogens is 176 g/mol. The van der Waals surface area contributed by atoms with Gasteiger partial charge in [-0.3, -0.25) is 9.58 Å². The van der Waals surface area contributed by atoms with E-state index in [1.807, 2.05) is 7.05 Å². The monoisotopic (exact) mass is 192 g/mol. The minimum absolute atomic E-state index is 0.459. The Morgan fingerprint density at radius 3 is 2.71 bits per heavy atom. The predicted octanol–water partition coefficient (Wildman–Crippen LogP) is 1.04. The van der Waals surface area contributed by atoms with E-state index in [1.165, 1.54) is 24.1 Å². The maximum Gasteiger partial charge on any atom is 0.126 e. The zero-order valence-electron chi connectivity index (χ0n) is 8.70. The van der Waals surface area contributed by atoms with Crippen LogP contribution in [0.3, 0.4) is 0 Å². The Labute approximate surface area is 83.7 Å². The first-order valence-corrected chi connectivity index (χ1v) is 5.25. The van der Waals surface area contributed by atoms with Crippen LogP contribution in [0, 0.1) is 0 Å². The normalized spacial score (nSPS) is 26.9. The molecule has 4 heteroatoms. The summed E-state index contributed by atoms with van der Waals surface area (Å²) in [6.07, 6.45) is 2.70. The molecule has 1 aliphatic heterocycles. The highest BCUT2D eigenvalue weighted by molar-refractivity contribution is 5.47. The summed E-state index contributed by atoms with van der Waals surface area (Å²) >= 11 is 0. The maximum absolute atomic E-state index is 5.97.